The third kappa shape index (κ3) is 2.36. The minimum Gasteiger partial charge on any atom is -0.493 e. The fraction of sp³-hybridized carbons (Fsp3) is 0.400. The SMILES string of the molecule is CCn1ncc(OC)c1C(C)(O)c1ccc(C)cc1. The van der Waals surface area contributed by atoms with Crippen LogP contribution in [0.15, 0.2) is 30.5 Å². The van der Waals surface area contributed by atoms with Gasteiger partial charge in [-0.25, -0.2) is 0 Å². The number of ether oxygens (including phenoxy) is 1. The molecular formula is C15H20N2O2. The molecule has 4 nitrogen and oxygen atoms in total. The molecular weight excluding hydrogens is 240 g/mol. The van der Waals surface area contributed by atoms with Gasteiger partial charge in [-0.3, -0.25) is 4.68 Å². The van der Waals surface area contributed by atoms with E-state index in [0.29, 0.717) is 18.0 Å². The van der Waals surface area contributed by atoms with Crippen molar-refractivity contribution >= 4 is 0 Å². The molecule has 2 aromatic rings. The fourth-order valence-corrected chi connectivity index (χ4v) is 2.26. The van der Waals surface area contributed by atoms with Crippen LogP contribution >= 0.6 is 0 Å². The molecule has 1 aromatic heterocycles. The summed E-state index contributed by atoms with van der Waals surface area (Å²) < 4.78 is 7.08. The van der Waals surface area contributed by atoms with Gasteiger partial charge in [-0.1, -0.05) is 29.8 Å². The minimum atomic E-state index is -1.13. The van der Waals surface area contributed by atoms with Crippen molar-refractivity contribution in [2.45, 2.75) is 32.9 Å². The lowest BCUT2D eigenvalue weighted by atomic mass is 9.91. The lowest BCUT2D eigenvalue weighted by Crippen LogP contribution is -2.27. The van der Waals surface area contributed by atoms with Crippen molar-refractivity contribution in [2.75, 3.05) is 7.11 Å². The Hall–Kier alpha value is -1.81. The number of aryl methyl sites for hydroxylation is 2. The summed E-state index contributed by atoms with van der Waals surface area (Å²) in [5.41, 5.74) is 1.54. The van der Waals surface area contributed by atoms with Gasteiger partial charge >= 0.3 is 0 Å². The number of hydrogen-bond acceptors (Lipinski definition) is 3. The largest absolute Gasteiger partial charge is 0.493 e. The summed E-state index contributed by atoms with van der Waals surface area (Å²) in [4.78, 5) is 0. The second kappa shape index (κ2) is 5.05. The highest BCUT2D eigenvalue weighted by atomic mass is 16.5. The van der Waals surface area contributed by atoms with E-state index in [1.807, 2.05) is 38.1 Å². The number of rotatable bonds is 4. The Balaban J connectivity index is 2.54. The average molecular weight is 260 g/mol. The van der Waals surface area contributed by atoms with Crippen LogP contribution < -0.4 is 4.74 Å². The van der Waals surface area contributed by atoms with Crippen LogP contribution in [0, 0.1) is 6.92 Å². The van der Waals surface area contributed by atoms with Gasteiger partial charge in [0.15, 0.2) is 5.75 Å². The summed E-state index contributed by atoms with van der Waals surface area (Å²) in [5, 5.41) is 15.2. The fourth-order valence-electron chi connectivity index (χ4n) is 2.26. The Morgan fingerprint density at radius 1 is 1.32 bits per heavy atom. The lowest BCUT2D eigenvalue weighted by molar-refractivity contribution is 0.0885. The van der Waals surface area contributed by atoms with Crippen LogP contribution in [0.1, 0.15) is 30.7 Å². The first kappa shape index (κ1) is 13.6. The number of methoxy groups -OCH3 is 1. The van der Waals surface area contributed by atoms with Crippen molar-refractivity contribution < 1.29 is 9.84 Å². The number of hydrogen-bond donors (Lipinski definition) is 1. The molecule has 0 aliphatic carbocycles. The van der Waals surface area contributed by atoms with Crippen LogP contribution in [0.25, 0.3) is 0 Å². The van der Waals surface area contributed by atoms with E-state index < -0.39 is 5.60 Å². The van der Waals surface area contributed by atoms with Crippen molar-refractivity contribution in [1.82, 2.24) is 9.78 Å². The zero-order chi connectivity index (χ0) is 14.0. The first-order valence-corrected chi connectivity index (χ1v) is 6.40. The van der Waals surface area contributed by atoms with E-state index in [-0.39, 0.29) is 0 Å². The molecule has 0 fully saturated rings. The molecule has 0 radical (unpaired) electrons. The highest BCUT2D eigenvalue weighted by Gasteiger charge is 2.33. The molecule has 1 N–H and O–H groups in total. The molecule has 19 heavy (non-hydrogen) atoms. The van der Waals surface area contributed by atoms with E-state index in [1.54, 1.807) is 24.9 Å². The summed E-state index contributed by atoms with van der Waals surface area (Å²) >= 11 is 0. The van der Waals surface area contributed by atoms with Crippen molar-refractivity contribution in [2.24, 2.45) is 0 Å². The molecule has 102 valence electrons. The predicted molar refractivity (Wildman–Crippen MR) is 74.3 cm³/mol. The maximum absolute atomic E-state index is 10.9. The van der Waals surface area contributed by atoms with Gasteiger partial charge < -0.3 is 9.84 Å². The molecule has 0 saturated carbocycles. The summed E-state index contributed by atoms with van der Waals surface area (Å²) in [5.74, 6) is 0.604. The van der Waals surface area contributed by atoms with E-state index in [0.717, 1.165) is 11.1 Å². The molecule has 4 heteroatoms. The van der Waals surface area contributed by atoms with Crippen LogP contribution in [0.4, 0.5) is 0 Å². The number of aromatic nitrogens is 2. The van der Waals surface area contributed by atoms with Gasteiger partial charge in [-0.15, -0.1) is 0 Å². The highest BCUT2D eigenvalue weighted by Crippen LogP contribution is 2.35. The molecule has 1 atom stereocenters. The van der Waals surface area contributed by atoms with Crippen LogP contribution in [0.3, 0.4) is 0 Å². The Morgan fingerprint density at radius 2 is 1.95 bits per heavy atom. The monoisotopic (exact) mass is 260 g/mol. The quantitative estimate of drug-likeness (QED) is 0.918. The van der Waals surface area contributed by atoms with Gasteiger partial charge in [-0.05, 0) is 26.3 Å². The smallest absolute Gasteiger partial charge is 0.163 e. The Kier molecular flexibility index (Phi) is 3.62. The number of benzene rings is 1. The summed E-state index contributed by atoms with van der Waals surface area (Å²) in [6.07, 6.45) is 1.64. The van der Waals surface area contributed by atoms with E-state index in [9.17, 15) is 5.11 Å². The lowest BCUT2D eigenvalue weighted by Gasteiger charge is -2.26. The van der Waals surface area contributed by atoms with Gasteiger partial charge in [0.2, 0.25) is 0 Å². The normalized spacial score (nSPS) is 14.2. The molecule has 1 aromatic carbocycles. The standard InChI is InChI=1S/C15H20N2O2/c1-5-17-14(13(19-4)10-16-17)15(3,18)12-8-6-11(2)7-9-12/h6-10,18H,5H2,1-4H3. The first-order valence-electron chi connectivity index (χ1n) is 6.40. The van der Waals surface area contributed by atoms with Crippen LogP contribution in [-0.4, -0.2) is 22.0 Å². The van der Waals surface area contributed by atoms with Gasteiger partial charge in [-0.2, -0.15) is 5.10 Å². The van der Waals surface area contributed by atoms with Gasteiger partial charge in [0, 0.05) is 6.54 Å². The van der Waals surface area contributed by atoms with Crippen molar-refractivity contribution in [1.29, 1.82) is 0 Å². The van der Waals surface area contributed by atoms with Crippen LogP contribution in [0.2, 0.25) is 0 Å². The van der Waals surface area contributed by atoms with Crippen LogP contribution in [0.5, 0.6) is 5.75 Å². The van der Waals surface area contributed by atoms with E-state index in [2.05, 4.69) is 5.10 Å². The molecule has 0 aliphatic rings. The second-order valence-electron chi connectivity index (χ2n) is 4.82. The maximum atomic E-state index is 10.9. The zero-order valence-electron chi connectivity index (χ0n) is 11.8. The topological polar surface area (TPSA) is 47.3 Å². The average Bonchev–Trinajstić information content (AvgIpc) is 2.82. The maximum Gasteiger partial charge on any atom is 0.163 e. The van der Waals surface area contributed by atoms with Gasteiger partial charge in [0.25, 0.3) is 0 Å². The molecule has 2 rings (SSSR count). The van der Waals surface area contributed by atoms with Crippen molar-refractivity contribution in [3.8, 4) is 5.75 Å². The number of aliphatic hydroxyl groups is 1. The van der Waals surface area contributed by atoms with Crippen molar-refractivity contribution in [3.63, 3.8) is 0 Å². The summed E-state index contributed by atoms with van der Waals surface area (Å²) in [6, 6.07) is 7.84. The summed E-state index contributed by atoms with van der Waals surface area (Å²) in [7, 11) is 1.59. The van der Waals surface area contributed by atoms with Gasteiger partial charge in [0.1, 0.15) is 11.3 Å². The molecule has 1 heterocycles. The molecule has 0 amide bonds. The predicted octanol–water partition coefficient (Wildman–Crippen LogP) is 2.48. The second-order valence-corrected chi connectivity index (χ2v) is 4.82. The third-order valence-corrected chi connectivity index (χ3v) is 3.40. The zero-order valence-corrected chi connectivity index (χ0v) is 11.8. The molecule has 0 saturated heterocycles. The Morgan fingerprint density at radius 3 is 2.47 bits per heavy atom. The minimum absolute atomic E-state index is 0.604. The molecule has 0 spiro atoms. The highest BCUT2D eigenvalue weighted by molar-refractivity contribution is 5.40. The van der Waals surface area contributed by atoms with Crippen molar-refractivity contribution in [3.05, 3.63) is 47.3 Å². The molecule has 0 aliphatic heterocycles. The molecule has 0 bridgehead atoms. The first-order chi connectivity index (χ1) is 9.00. The summed E-state index contributed by atoms with van der Waals surface area (Å²) in [6.45, 7) is 6.46. The Bertz CT molecular complexity index is 535. The van der Waals surface area contributed by atoms with Gasteiger partial charge in [0.05, 0.1) is 13.3 Å². The van der Waals surface area contributed by atoms with E-state index >= 15 is 0 Å². The third-order valence-electron chi connectivity index (χ3n) is 3.40. The molecule has 1 unspecified atom stereocenters. The van der Waals surface area contributed by atoms with Crippen LogP contribution in [-0.2, 0) is 12.1 Å². The van der Waals surface area contributed by atoms with E-state index in [4.69, 9.17) is 4.74 Å². The van der Waals surface area contributed by atoms with E-state index in [1.165, 1.54) is 0 Å². The number of nitrogens with zero attached hydrogens (tertiary/aromatic N) is 2. The Labute approximate surface area is 113 Å².